The molecule has 4 nitrogen and oxygen atoms in total. The van der Waals surface area contributed by atoms with E-state index in [2.05, 4.69) is 47.9 Å². The molecule has 0 unspecified atom stereocenters. The van der Waals surface area contributed by atoms with E-state index in [0.29, 0.717) is 5.11 Å². The summed E-state index contributed by atoms with van der Waals surface area (Å²) in [4.78, 5) is 1.55. The molecule has 132 valence electrons. The predicted molar refractivity (Wildman–Crippen MR) is 106 cm³/mol. The number of thiocarbonyl (C=S) groups is 1. The first kappa shape index (κ1) is 17.9. The Morgan fingerprint density at radius 3 is 2.48 bits per heavy atom. The molecule has 1 aliphatic heterocycles. The van der Waals surface area contributed by atoms with Crippen LogP contribution < -0.4 is 15.5 Å². The van der Waals surface area contributed by atoms with E-state index < -0.39 is 0 Å². The number of para-hydroxylation sites is 1. The summed E-state index contributed by atoms with van der Waals surface area (Å²) in [6, 6.07) is 18.9. The van der Waals surface area contributed by atoms with E-state index in [1.54, 1.807) is 4.90 Å². The summed E-state index contributed by atoms with van der Waals surface area (Å²) in [5, 5.41) is 7.51. The number of aryl methyl sites for hydroxylation is 1. The average Bonchev–Trinajstić information content (AvgIpc) is 2.65. The minimum atomic E-state index is 0.179. The molecule has 1 heterocycles. The highest BCUT2D eigenvalue weighted by molar-refractivity contribution is 7.80. The Morgan fingerprint density at radius 2 is 1.76 bits per heavy atom. The predicted octanol–water partition coefficient (Wildman–Crippen LogP) is 1.94. The molecule has 1 aliphatic rings. The minimum absolute atomic E-state index is 0.179. The van der Waals surface area contributed by atoms with Gasteiger partial charge in [0.05, 0.1) is 13.2 Å². The normalized spacial score (nSPS) is 16.2. The van der Waals surface area contributed by atoms with E-state index in [-0.39, 0.29) is 6.04 Å². The second-order valence-corrected chi connectivity index (χ2v) is 6.85. The van der Waals surface area contributed by atoms with Crippen LogP contribution in [0.4, 0.5) is 5.69 Å². The van der Waals surface area contributed by atoms with Crippen molar-refractivity contribution in [2.75, 3.05) is 38.2 Å². The number of morpholine rings is 1. The lowest BCUT2D eigenvalue weighted by Crippen LogP contribution is -3.14. The SMILES string of the molecule is Cc1ccccc1NC(=S)N[C@H](C[NH+]1CCOCC1)c1ccccc1. The smallest absolute Gasteiger partial charge is 0.171 e. The van der Waals surface area contributed by atoms with Gasteiger partial charge in [-0.3, -0.25) is 0 Å². The number of anilines is 1. The molecule has 1 atom stereocenters. The zero-order valence-corrected chi connectivity index (χ0v) is 15.4. The van der Waals surface area contributed by atoms with Crippen molar-refractivity contribution < 1.29 is 9.64 Å². The second kappa shape index (κ2) is 8.94. The molecule has 5 heteroatoms. The largest absolute Gasteiger partial charge is 0.370 e. The molecule has 1 saturated heterocycles. The fourth-order valence-electron chi connectivity index (χ4n) is 3.12. The maximum Gasteiger partial charge on any atom is 0.171 e. The monoisotopic (exact) mass is 356 g/mol. The van der Waals surface area contributed by atoms with Crippen molar-refractivity contribution in [3.63, 3.8) is 0 Å². The highest BCUT2D eigenvalue weighted by Crippen LogP contribution is 2.15. The van der Waals surface area contributed by atoms with Crippen LogP contribution >= 0.6 is 12.2 Å². The minimum Gasteiger partial charge on any atom is -0.370 e. The molecule has 0 radical (unpaired) electrons. The first-order valence-electron chi connectivity index (χ1n) is 8.82. The topological polar surface area (TPSA) is 37.7 Å². The van der Waals surface area contributed by atoms with E-state index in [1.165, 1.54) is 11.1 Å². The first-order chi connectivity index (χ1) is 12.2. The molecule has 0 amide bonds. The van der Waals surface area contributed by atoms with Gasteiger partial charge < -0.3 is 20.3 Å². The van der Waals surface area contributed by atoms with Crippen molar-refractivity contribution >= 4 is 23.0 Å². The third-order valence-electron chi connectivity index (χ3n) is 4.59. The van der Waals surface area contributed by atoms with Crippen LogP contribution in [0.2, 0.25) is 0 Å². The Labute approximate surface area is 155 Å². The van der Waals surface area contributed by atoms with Gasteiger partial charge in [0.1, 0.15) is 25.7 Å². The van der Waals surface area contributed by atoms with Crippen molar-refractivity contribution in [2.45, 2.75) is 13.0 Å². The molecular weight excluding hydrogens is 330 g/mol. The van der Waals surface area contributed by atoms with Crippen molar-refractivity contribution in [3.05, 3.63) is 65.7 Å². The van der Waals surface area contributed by atoms with Crippen LogP contribution in [0.5, 0.6) is 0 Å². The molecule has 0 bridgehead atoms. The summed E-state index contributed by atoms with van der Waals surface area (Å²) in [5.74, 6) is 0. The summed E-state index contributed by atoms with van der Waals surface area (Å²) in [5.41, 5.74) is 3.49. The third kappa shape index (κ3) is 5.26. The van der Waals surface area contributed by atoms with Crippen LogP contribution in [0, 0.1) is 6.92 Å². The number of ether oxygens (including phenoxy) is 1. The maximum atomic E-state index is 5.58. The molecule has 2 aromatic carbocycles. The van der Waals surface area contributed by atoms with Gasteiger partial charge in [-0.15, -0.1) is 0 Å². The first-order valence-corrected chi connectivity index (χ1v) is 9.22. The summed E-state index contributed by atoms with van der Waals surface area (Å²) in [6.45, 7) is 6.83. The number of hydrogen-bond donors (Lipinski definition) is 3. The Morgan fingerprint density at radius 1 is 1.08 bits per heavy atom. The summed E-state index contributed by atoms with van der Waals surface area (Å²) in [6.07, 6.45) is 0. The number of quaternary nitrogens is 1. The van der Waals surface area contributed by atoms with Crippen LogP contribution in [0.25, 0.3) is 0 Å². The van der Waals surface area contributed by atoms with E-state index >= 15 is 0 Å². The Balaban J connectivity index is 1.68. The van der Waals surface area contributed by atoms with Crippen molar-refractivity contribution in [3.8, 4) is 0 Å². The Hall–Kier alpha value is -1.95. The summed E-state index contributed by atoms with van der Waals surface area (Å²) in [7, 11) is 0. The van der Waals surface area contributed by atoms with Gasteiger partial charge in [-0.25, -0.2) is 0 Å². The fraction of sp³-hybridized carbons (Fsp3) is 0.350. The summed E-state index contributed by atoms with van der Waals surface area (Å²) >= 11 is 5.58. The lowest BCUT2D eigenvalue weighted by atomic mass is 10.1. The number of benzene rings is 2. The van der Waals surface area contributed by atoms with Crippen LogP contribution in [-0.2, 0) is 4.74 Å². The van der Waals surface area contributed by atoms with E-state index in [0.717, 1.165) is 38.5 Å². The van der Waals surface area contributed by atoms with Gasteiger partial charge >= 0.3 is 0 Å². The third-order valence-corrected chi connectivity index (χ3v) is 4.81. The Bertz CT molecular complexity index is 686. The molecule has 0 aromatic heterocycles. The number of nitrogens with one attached hydrogen (secondary N) is 3. The van der Waals surface area contributed by atoms with E-state index in [4.69, 9.17) is 17.0 Å². The van der Waals surface area contributed by atoms with Gasteiger partial charge in [-0.2, -0.15) is 0 Å². The highest BCUT2D eigenvalue weighted by atomic mass is 32.1. The molecule has 0 saturated carbocycles. The molecular formula is C20H26N3OS+. The van der Waals surface area contributed by atoms with Gasteiger partial charge in [0.2, 0.25) is 0 Å². The maximum absolute atomic E-state index is 5.58. The van der Waals surface area contributed by atoms with Crippen molar-refractivity contribution in [2.24, 2.45) is 0 Å². The number of rotatable bonds is 5. The molecule has 0 spiro atoms. The van der Waals surface area contributed by atoms with Gasteiger partial charge in [-0.1, -0.05) is 48.5 Å². The van der Waals surface area contributed by atoms with Crippen LogP contribution in [0.3, 0.4) is 0 Å². The van der Waals surface area contributed by atoms with Crippen LogP contribution in [0.15, 0.2) is 54.6 Å². The second-order valence-electron chi connectivity index (χ2n) is 6.44. The van der Waals surface area contributed by atoms with Gasteiger partial charge in [0, 0.05) is 5.69 Å². The lowest BCUT2D eigenvalue weighted by Gasteiger charge is -2.29. The lowest BCUT2D eigenvalue weighted by molar-refractivity contribution is -0.909. The molecule has 3 N–H and O–H groups in total. The average molecular weight is 357 g/mol. The van der Waals surface area contributed by atoms with Crippen LogP contribution in [-0.4, -0.2) is 38.0 Å². The van der Waals surface area contributed by atoms with E-state index in [1.807, 2.05) is 24.3 Å². The standard InChI is InChI=1S/C20H25N3OS/c1-16-7-5-6-10-18(16)21-20(25)22-19(17-8-3-2-4-9-17)15-23-11-13-24-14-12-23/h2-10,19H,11-15H2,1H3,(H2,21,22,25)/p+1/t19-/m1/s1. The van der Waals surface area contributed by atoms with E-state index in [9.17, 15) is 0 Å². The zero-order valence-electron chi connectivity index (χ0n) is 14.6. The van der Waals surface area contributed by atoms with Crippen molar-refractivity contribution in [1.29, 1.82) is 0 Å². The molecule has 2 aromatic rings. The number of hydrogen-bond acceptors (Lipinski definition) is 2. The fourth-order valence-corrected chi connectivity index (χ4v) is 3.37. The van der Waals surface area contributed by atoms with Gasteiger partial charge in [-0.05, 0) is 36.3 Å². The van der Waals surface area contributed by atoms with Crippen LogP contribution in [0.1, 0.15) is 17.2 Å². The quantitative estimate of drug-likeness (QED) is 0.716. The summed E-state index contributed by atoms with van der Waals surface area (Å²) < 4.78 is 5.48. The highest BCUT2D eigenvalue weighted by Gasteiger charge is 2.22. The Kier molecular flexibility index (Phi) is 6.39. The van der Waals surface area contributed by atoms with Crippen molar-refractivity contribution in [1.82, 2.24) is 5.32 Å². The molecule has 3 rings (SSSR count). The zero-order chi connectivity index (χ0) is 17.5. The van der Waals surface area contributed by atoms with Gasteiger partial charge in [0.15, 0.2) is 5.11 Å². The molecule has 1 fully saturated rings. The molecule has 0 aliphatic carbocycles. The van der Waals surface area contributed by atoms with Gasteiger partial charge in [0.25, 0.3) is 0 Å². The molecule has 25 heavy (non-hydrogen) atoms.